The zero-order chi connectivity index (χ0) is 9.97. The average molecular weight is 189 g/mol. The minimum absolute atomic E-state index is 0.903. The van der Waals surface area contributed by atoms with Crippen LogP contribution in [-0.4, -0.2) is 24.1 Å². The number of rotatable bonds is 3. The Kier molecular flexibility index (Phi) is 2.48. The maximum atomic E-state index is 4.20. The number of aliphatic imine (C=N–C) groups is 1. The molecule has 0 aromatic rings. The number of allylic oxidation sites excluding steroid dienone is 1. The first kappa shape index (κ1) is 9.19. The molecule has 0 saturated heterocycles. The van der Waals surface area contributed by atoms with Gasteiger partial charge in [0.2, 0.25) is 0 Å². The molecule has 2 rings (SSSR count). The second kappa shape index (κ2) is 3.78. The fourth-order valence-electron chi connectivity index (χ4n) is 1.48. The van der Waals surface area contributed by atoms with Crippen molar-refractivity contribution in [2.24, 2.45) is 16.0 Å². The molecule has 1 aliphatic heterocycles. The van der Waals surface area contributed by atoms with Gasteiger partial charge in [-0.2, -0.15) is 5.10 Å². The first-order valence-electron chi connectivity index (χ1n) is 4.98. The molecule has 0 spiro atoms. The summed E-state index contributed by atoms with van der Waals surface area (Å²) in [5, 5.41) is 5.96. The Hall–Kier alpha value is -1.38. The number of hydrogen-bond acceptors (Lipinski definition) is 2. The van der Waals surface area contributed by atoms with Crippen molar-refractivity contribution in [3.63, 3.8) is 0 Å². The minimum atomic E-state index is 0.903. The van der Waals surface area contributed by atoms with Gasteiger partial charge in [0.25, 0.3) is 0 Å². The van der Waals surface area contributed by atoms with Gasteiger partial charge >= 0.3 is 0 Å². The van der Waals surface area contributed by atoms with E-state index < -0.39 is 0 Å². The van der Waals surface area contributed by atoms with E-state index in [1.54, 1.807) is 11.2 Å². The topological polar surface area (TPSA) is 28.0 Å². The summed E-state index contributed by atoms with van der Waals surface area (Å²) in [5.74, 6) is 1.81. The maximum Gasteiger partial charge on any atom is 0.157 e. The molecular weight excluding hydrogens is 174 g/mol. The molecule has 14 heavy (non-hydrogen) atoms. The molecule has 0 aromatic heterocycles. The third kappa shape index (κ3) is 1.92. The summed E-state index contributed by atoms with van der Waals surface area (Å²) < 4.78 is 0. The lowest BCUT2D eigenvalue weighted by Gasteiger charge is -2.07. The lowest BCUT2D eigenvalue weighted by molar-refractivity contribution is 0.561. The molecule has 0 N–H and O–H groups in total. The van der Waals surface area contributed by atoms with Crippen LogP contribution in [0.5, 0.6) is 0 Å². The van der Waals surface area contributed by atoms with E-state index in [9.17, 15) is 0 Å². The summed E-state index contributed by atoms with van der Waals surface area (Å²) in [7, 11) is 1.90. The molecule has 0 bridgehead atoms. The van der Waals surface area contributed by atoms with Crippen molar-refractivity contribution in [3.8, 4) is 0 Å². The average Bonchev–Trinajstić information content (AvgIpc) is 2.94. The minimum Gasteiger partial charge on any atom is -0.250 e. The van der Waals surface area contributed by atoms with Crippen molar-refractivity contribution in [1.29, 1.82) is 0 Å². The molecular formula is C11H15N3. The number of nitrogens with zero attached hydrogens (tertiary/aromatic N) is 3. The van der Waals surface area contributed by atoms with Crippen LogP contribution in [0.1, 0.15) is 19.3 Å². The summed E-state index contributed by atoms with van der Waals surface area (Å²) in [4.78, 5) is 4.20. The number of amidine groups is 1. The summed E-state index contributed by atoms with van der Waals surface area (Å²) in [5.41, 5.74) is 1.12. The summed E-state index contributed by atoms with van der Waals surface area (Å²) in [6, 6.07) is 0. The van der Waals surface area contributed by atoms with Crippen molar-refractivity contribution in [1.82, 2.24) is 5.01 Å². The van der Waals surface area contributed by atoms with Crippen LogP contribution in [0.25, 0.3) is 0 Å². The molecule has 1 aliphatic carbocycles. The van der Waals surface area contributed by atoms with Crippen LogP contribution in [0.2, 0.25) is 0 Å². The Morgan fingerprint density at radius 2 is 2.50 bits per heavy atom. The van der Waals surface area contributed by atoms with Crippen molar-refractivity contribution >= 4 is 12.1 Å². The second-order valence-corrected chi connectivity index (χ2v) is 3.74. The van der Waals surface area contributed by atoms with Gasteiger partial charge in [-0.25, -0.2) is 4.99 Å². The van der Waals surface area contributed by atoms with Crippen molar-refractivity contribution < 1.29 is 0 Å². The van der Waals surface area contributed by atoms with Crippen LogP contribution in [-0.2, 0) is 0 Å². The molecule has 0 unspecified atom stereocenters. The van der Waals surface area contributed by atoms with Crippen LogP contribution in [0.15, 0.2) is 34.5 Å². The molecule has 0 atom stereocenters. The van der Waals surface area contributed by atoms with Gasteiger partial charge in [0.05, 0.1) is 6.21 Å². The van der Waals surface area contributed by atoms with Gasteiger partial charge in [0, 0.05) is 18.8 Å². The fraction of sp³-hybridized carbons (Fsp3) is 0.455. The highest BCUT2D eigenvalue weighted by Gasteiger charge is 2.21. The number of likely N-dealkylation sites (N-methyl/N-ethyl adjacent to an activating group) is 1. The quantitative estimate of drug-likeness (QED) is 0.668. The highest BCUT2D eigenvalue weighted by molar-refractivity contribution is 6.18. The third-order valence-corrected chi connectivity index (χ3v) is 2.52. The smallest absolute Gasteiger partial charge is 0.157 e. The Morgan fingerprint density at radius 3 is 3.14 bits per heavy atom. The lowest BCUT2D eigenvalue weighted by Crippen LogP contribution is -2.16. The molecule has 0 amide bonds. The first-order valence-corrected chi connectivity index (χ1v) is 4.98. The largest absolute Gasteiger partial charge is 0.250 e. The van der Waals surface area contributed by atoms with Crippen molar-refractivity contribution in [2.45, 2.75) is 19.3 Å². The van der Waals surface area contributed by atoms with E-state index in [4.69, 9.17) is 0 Å². The molecule has 1 saturated carbocycles. The van der Waals surface area contributed by atoms with Gasteiger partial charge in [0.1, 0.15) is 0 Å². The van der Waals surface area contributed by atoms with Gasteiger partial charge in [-0.15, -0.1) is 0 Å². The van der Waals surface area contributed by atoms with Crippen molar-refractivity contribution in [3.05, 3.63) is 24.4 Å². The predicted octanol–water partition coefficient (Wildman–Crippen LogP) is 2.19. The van der Waals surface area contributed by atoms with Crippen LogP contribution < -0.4 is 0 Å². The predicted molar refractivity (Wildman–Crippen MR) is 59.3 cm³/mol. The maximum absolute atomic E-state index is 4.20. The first-order chi connectivity index (χ1) is 6.81. The van der Waals surface area contributed by atoms with E-state index >= 15 is 0 Å². The molecule has 1 heterocycles. The van der Waals surface area contributed by atoms with Gasteiger partial charge in [-0.05, 0) is 25.2 Å². The van der Waals surface area contributed by atoms with Gasteiger partial charge in [0.15, 0.2) is 5.84 Å². The van der Waals surface area contributed by atoms with E-state index in [-0.39, 0.29) is 0 Å². The number of hydrogen-bond donors (Lipinski definition) is 0. The molecule has 74 valence electrons. The van der Waals surface area contributed by atoms with Crippen molar-refractivity contribution in [2.75, 3.05) is 7.05 Å². The molecule has 1 fully saturated rings. The molecule has 0 aromatic carbocycles. The second-order valence-electron chi connectivity index (χ2n) is 3.74. The fourth-order valence-corrected chi connectivity index (χ4v) is 1.48. The van der Waals surface area contributed by atoms with Gasteiger partial charge < -0.3 is 0 Å². The SMILES string of the molecule is C=C/N=C1\C(=C/CC2CC2)C=NN1C. The van der Waals surface area contributed by atoms with E-state index in [1.807, 2.05) is 13.3 Å². The molecule has 0 radical (unpaired) electrons. The van der Waals surface area contributed by atoms with Gasteiger partial charge in [-0.1, -0.05) is 12.7 Å². The summed E-state index contributed by atoms with van der Waals surface area (Å²) in [6.45, 7) is 3.60. The monoisotopic (exact) mass is 189 g/mol. The zero-order valence-corrected chi connectivity index (χ0v) is 8.48. The van der Waals surface area contributed by atoms with E-state index in [0.29, 0.717) is 0 Å². The highest BCUT2D eigenvalue weighted by Crippen LogP contribution is 2.33. The molecule has 3 nitrogen and oxygen atoms in total. The standard InChI is InChI=1S/C11H15N3/c1-3-12-11-10(8-13-14(11)2)7-6-9-4-5-9/h3,7-9H,1,4-6H2,2H3/b10-7-,12-11+. The summed E-state index contributed by atoms with van der Waals surface area (Å²) >= 11 is 0. The molecule has 3 heteroatoms. The molecule has 2 aliphatic rings. The summed E-state index contributed by atoms with van der Waals surface area (Å²) in [6.07, 6.45) is 9.57. The Balaban J connectivity index is 2.08. The normalized spacial score (nSPS) is 26.5. The lowest BCUT2D eigenvalue weighted by atomic mass is 10.2. The van der Waals surface area contributed by atoms with Crippen LogP contribution >= 0.6 is 0 Å². The van der Waals surface area contributed by atoms with Crippen LogP contribution in [0.3, 0.4) is 0 Å². The Labute approximate surface area is 84.5 Å². The third-order valence-electron chi connectivity index (χ3n) is 2.52. The van der Waals surface area contributed by atoms with Gasteiger partial charge in [-0.3, -0.25) is 5.01 Å². The number of hydrazone groups is 1. The van der Waals surface area contributed by atoms with E-state index in [0.717, 1.165) is 23.7 Å². The van der Waals surface area contributed by atoms with E-state index in [2.05, 4.69) is 22.7 Å². The zero-order valence-electron chi connectivity index (χ0n) is 8.48. The Morgan fingerprint density at radius 1 is 1.71 bits per heavy atom. The van der Waals surface area contributed by atoms with Crippen LogP contribution in [0.4, 0.5) is 0 Å². The highest BCUT2D eigenvalue weighted by atomic mass is 15.5. The van der Waals surface area contributed by atoms with E-state index in [1.165, 1.54) is 12.8 Å². The Bertz CT molecular complexity index is 321. The van der Waals surface area contributed by atoms with Crippen LogP contribution in [0, 0.1) is 5.92 Å².